The normalized spacial score (nSPS) is 24.5. The van der Waals surface area contributed by atoms with E-state index in [2.05, 4.69) is 30.3 Å². The summed E-state index contributed by atoms with van der Waals surface area (Å²) >= 11 is 8.80. The number of nitrogens with one attached hydrogen (secondary N) is 1. The summed E-state index contributed by atoms with van der Waals surface area (Å²) in [6.45, 7) is 5.15. The fourth-order valence-electron chi connectivity index (χ4n) is 4.26. The Balaban J connectivity index is 1.46. The van der Waals surface area contributed by atoms with E-state index in [1.54, 1.807) is 35.5 Å². The van der Waals surface area contributed by atoms with Crippen molar-refractivity contribution in [1.29, 1.82) is 0 Å². The number of rotatable bonds is 4. The molecule has 0 radical (unpaired) electrons. The van der Waals surface area contributed by atoms with Crippen molar-refractivity contribution in [1.82, 2.24) is 15.1 Å². The molecule has 2 aliphatic rings. The minimum Gasteiger partial charge on any atom is -0.377 e. The second-order valence-electron chi connectivity index (χ2n) is 8.08. The van der Waals surface area contributed by atoms with Crippen molar-refractivity contribution in [3.05, 3.63) is 42.7 Å². The Morgan fingerprint density at radius 1 is 1.20 bits per heavy atom. The fourth-order valence-corrected chi connectivity index (χ4v) is 6.43. The van der Waals surface area contributed by atoms with Crippen molar-refractivity contribution in [3.8, 4) is 0 Å². The quantitative estimate of drug-likeness (QED) is 0.749. The van der Waals surface area contributed by atoms with Gasteiger partial charge in [-0.15, -0.1) is 22.7 Å². The van der Waals surface area contributed by atoms with Gasteiger partial charge in [0.25, 0.3) is 11.8 Å². The Hall–Kier alpha value is -1.45. The third-order valence-corrected chi connectivity index (χ3v) is 8.44. The lowest BCUT2D eigenvalue weighted by atomic mass is 10.1. The third kappa shape index (κ3) is 4.43. The number of amides is 2. The van der Waals surface area contributed by atoms with Gasteiger partial charge in [-0.2, -0.15) is 0 Å². The number of thiophene rings is 2. The summed E-state index contributed by atoms with van der Waals surface area (Å²) in [5.41, 5.74) is 1.29. The van der Waals surface area contributed by atoms with Gasteiger partial charge in [0.15, 0.2) is 0 Å². The monoisotopic (exact) mass is 467 g/mol. The third-order valence-electron chi connectivity index (χ3n) is 5.82. The van der Waals surface area contributed by atoms with Crippen molar-refractivity contribution in [2.75, 3.05) is 40.3 Å². The predicted octanol–water partition coefficient (Wildman–Crippen LogP) is 3.32. The predicted molar refractivity (Wildman–Crippen MR) is 121 cm³/mol. The zero-order valence-corrected chi connectivity index (χ0v) is 19.7. The average Bonchev–Trinajstić information content (AvgIpc) is 3.42. The number of methoxy groups -OCH3 is 1. The molecule has 2 amide bonds. The molecule has 4 rings (SSSR count). The number of carbonyl (C=O) groups is 2. The van der Waals surface area contributed by atoms with Crippen molar-refractivity contribution >= 4 is 46.1 Å². The van der Waals surface area contributed by atoms with Crippen LogP contribution >= 0.6 is 34.3 Å². The summed E-state index contributed by atoms with van der Waals surface area (Å²) in [6.07, 6.45) is 0.738. The Kier molecular flexibility index (Phi) is 6.50. The minimum absolute atomic E-state index is 0.0200. The van der Waals surface area contributed by atoms with E-state index in [-0.39, 0.29) is 24.0 Å². The van der Waals surface area contributed by atoms with E-state index in [1.807, 2.05) is 0 Å². The number of ether oxygens (including phenoxy) is 1. The van der Waals surface area contributed by atoms with E-state index in [9.17, 15) is 9.59 Å². The van der Waals surface area contributed by atoms with Gasteiger partial charge < -0.3 is 19.9 Å². The zero-order chi connectivity index (χ0) is 21.4. The molecule has 1 unspecified atom stereocenters. The molecule has 30 heavy (non-hydrogen) atoms. The highest BCUT2D eigenvalue weighted by atomic mass is 35.5. The maximum Gasteiger partial charge on any atom is 0.264 e. The lowest BCUT2D eigenvalue weighted by Crippen LogP contribution is -2.43. The van der Waals surface area contributed by atoms with Crippen LogP contribution in [-0.4, -0.2) is 74.1 Å². The molecule has 2 aromatic heterocycles. The molecule has 0 bridgehead atoms. The first-order chi connectivity index (χ1) is 14.4. The molecule has 1 saturated heterocycles. The molecule has 9 heteroatoms. The van der Waals surface area contributed by atoms with Crippen LogP contribution in [0.3, 0.4) is 0 Å². The van der Waals surface area contributed by atoms with Gasteiger partial charge in [0, 0.05) is 44.1 Å². The summed E-state index contributed by atoms with van der Waals surface area (Å²) in [4.78, 5) is 32.6. The van der Waals surface area contributed by atoms with E-state index in [4.69, 9.17) is 16.3 Å². The highest BCUT2D eigenvalue weighted by molar-refractivity contribution is 7.18. The SMILES string of the molecule is CO[C@H]1CN(C(=O)c2cc3c(s2)C(C)CN(C)CC3)C[C@@H]1NC(=O)c1ccc(Cl)s1. The highest BCUT2D eigenvalue weighted by Gasteiger charge is 2.38. The lowest BCUT2D eigenvalue weighted by molar-refractivity contribution is 0.0695. The summed E-state index contributed by atoms with van der Waals surface area (Å²) < 4.78 is 6.15. The molecule has 2 aromatic rings. The van der Waals surface area contributed by atoms with Crippen LogP contribution in [0, 0.1) is 0 Å². The number of likely N-dealkylation sites (N-methyl/N-ethyl adjacent to an activating group) is 1. The maximum absolute atomic E-state index is 13.2. The second kappa shape index (κ2) is 8.96. The maximum atomic E-state index is 13.2. The van der Waals surface area contributed by atoms with Crippen LogP contribution in [0.2, 0.25) is 4.34 Å². The van der Waals surface area contributed by atoms with Gasteiger partial charge in [-0.05, 0) is 37.2 Å². The summed E-state index contributed by atoms with van der Waals surface area (Å²) in [5.74, 6) is 0.259. The molecule has 0 spiro atoms. The number of carbonyl (C=O) groups excluding carboxylic acids is 2. The van der Waals surface area contributed by atoms with Gasteiger partial charge >= 0.3 is 0 Å². The largest absolute Gasteiger partial charge is 0.377 e. The van der Waals surface area contributed by atoms with Crippen molar-refractivity contribution in [2.45, 2.75) is 31.4 Å². The van der Waals surface area contributed by atoms with Gasteiger partial charge in [-0.25, -0.2) is 0 Å². The molecule has 0 aromatic carbocycles. The van der Waals surface area contributed by atoms with Crippen LogP contribution < -0.4 is 5.32 Å². The molecule has 0 saturated carbocycles. The molecule has 6 nitrogen and oxygen atoms in total. The van der Waals surface area contributed by atoms with Crippen LogP contribution in [0.1, 0.15) is 42.6 Å². The minimum atomic E-state index is -0.252. The number of fused-ring (bicyclic) bond motifs is 1. The number of likely N-dealkylation sites (tertiary alicyclic amines) is 1. The molecular formula is C21H26ClN3O3S2. The summed E-state index contributed by atoms with van der Waals surface area (Å²) in [6, 6.07) is 5.23. The standard InChI is InChI=1S/C21H26ClN3O3S2/c1-12-9-24(2)7-6-13-8-17(30-19(12)13)21(27)25-10-14(15(11-25)28-3)23-20(26)16-4-5-18(22)29-16/h4-5,8,12,14-15H,6-7,9-11H2,1-3H3,(H,23,26)/t12?,14-,15-/m0/s1. The molecular weight excluding hydrogens is 442 g/mol. The van der Waals surface area contributed by atoms with E-state index in [1.165, 1.54) is 21.8 Å². The summed E-state index contributed by atoms with van der Waals surface area (Å²) in [7, 11) is 3.76. The first kappa shape index (κ1) is 21.8. The Labute approximate surface area is 189 Å². The van der Waals surface area contributed by atoms with Gasteiger partial charge in [0.2, 0.25) is 0 Å². The first-order valence-electron chi connectivity index (χ1n) is 10.0. The molecule has 0 aliphatic carbocycles. The zero-order valence-electron chi connectivity index (χ0n) is 17.3. The van der Waals surface area contributed by atoms with Crippen molar-refractivity contribution < 1.29 is 14.3 Å². The van der Waals surface area contributed by atoms with Crippen LogP contribution in [0.4, 0.5) is 0 Å². The topological polar surface area (TPSA) is 61.9 Å². The smallest absolute Gasteiger partial charge is 0.264 e. The van der Waals surface area contributed by atoms with Gasteiger partial charge in [0.05, 0.1) is 26.2 Å². The second-order valence-corrected chi connectivity index (χ2v) is 10.9. The van der Waals surface area contributed by atoms with E-state index in [0.29, 0.717) is 28.2 Å². The molecule has 162 valence electrons. The van der Waals surface area contributed by atoms with Crippen LogP contribution in [0.15, 0.2) is 18.2 Å². The fraction of sp³-hybridized carbons (Fsp3) is 0.524. The number of nitrogens with zero attached hydrogens (tertiary/aromatic N) is 2. The Morgan fingerprint density at radius 3 is 2.70 bits per heavy atom. The number of halogens is 1. The van der Waals surface area contributed by atoms with Gasteiger partial charge in [-0.1, -0.05) is 18.5 Å². The van der Waals surface area contributed by atoms with E-state index < -0.39 is 0 Å². The van der Waals surface area contributed by atoms with Crippen molar-refractivity contribution in [2.24, 2.45) is 0 Å². The van der Waals surface area contributed by atoms with Crippen LogP contribution in [0.5, 0.6) is 0 Å². The molecule has 2 aliphatic heterocycles. The lowest BCUT2D eigenvalue weighted by Gasteiger charge is -2.17. The van der Waals surface area contributed by atoms with Crippen LogP contribution in [0.25, 0.3) is 0 Å². The summed E-state index contributed by atoms with van der Waals surface area (Å²) in [5, 5.41) is 3.01. The highest BCUT2D eigenvalue weighted by Crippen LogP contribution is 2.34. The van der Waals surface area contributed by atoms with Crippen LogP contribution in [-0.2, 0) is 11.2 Å². The molecule has 3 atom stereocenters. The first-order valence-corrected chi connectivity index (χ1v) is 12.1. The molecule has 4 heterocycles. The van der Waals surface area contributed by atoms with E-state index >= 15 is 0 Å². The Bertz CT molecular complexity index is 944. The molecule has 1 fully saturated rings. The number of hydrogen-bond donors (Lipinski definition) is 1. The molecule has 1 N–H and O–H groups in total. The van der Waals surface area contributed by atoms with Crippen molar-refractivity contribution in [3.63, 3.8) is 0 Å². The average molecular weight is 468 g/mol. The Morgan fingerprint density at radius 2 is 2.00 bits per heavy atom. The van der Waals surface area contributed by atoms with Gasteiger partial charge in [0.1, 0.15) is 0 Å². The van der Waals surface area contributed by atoms with Gasteiger partial charge in [-0.3, -0.25) is 9.59 Å². The van der Waals surface area contributed by atoms with E-state index in [0.717, 1.165) is 24.4 Å². The number of hydrogen-bond acceptors (Lipinski definition) is 6.